The predicted octanol–water partition coefficient (Wildman–Crippen LogP) is 3.37. The van der Waals surface area contributed by atoms with Crippen molar-refractivity contribution < 1.29 is 13.2 Å². The summed E-state index contributed by atoms with van der Waals surface area (Å²) in [5.74, 6) is 0. The SMILES string of the molecule is Cc1ccc(-c2cc(C(F)(F)F)[nH]c(=O)c2)cc1. The van der Waals surface area contributed by atoms with E-state index >= 15 is 0 Å². The fourth-order valence-corrected chi connectivity index (χ4v) is 1.61. The molecule has 0 aliphatic rings. The van der Waals surface area contributed by atoms with Crippen molar-refractivity contribution in [2.75, 3.05) is 0 Å². The van der Waals surface area contributed by atoms with E-state index in [9.17, 15) is 18.0 Å². The molecule has 5 heteroatoms. The van der Waals surface area contributed by atoms with Gasteiger partial charge in [0.2, 0.25) is 5.56 Å². The lowest BCUT2D eigenvalue weighted by Crippen LogP contribution is -2.15. The summed E-state index contributed by atoms with van der Waals surface area (Å²) in [7, 11) is 0. The molecule has 2 aromatic rings. The number of hydrogen-bond acceptors (Lipinski definition) is 1. The van der Waals surface area contributed by atoms with Gasteiger partial charge < -0.3 is 4.98 Å². The summed E-state index contributed by atoms with van der Waals surface area (Å²) in [4.78, 5) is 13.0. The van der Waals surface area contributed by atoms with E-state index in [1.807, 2.05) is 6.92 Å². The molecule has 1 heterocycles. The summed E-state index contributed by atoms with van der Waals surface area (Å²) in [6.45, 7) is 1.88. The molecule has 1 aromatic heterocycles. The van der Waals surface area contributed by atoms with Gasteiger partial charge in [0.1, 0.15) is 5.69 Å². The van der Waals surface area contributed by atoms with Gasteiger partial charge in [0.15, 0.2) is 0 Å². The van der Waals surface area contributed by atoms with Crippen molar-refractivity contribution in [1.29, 1.82) is 0 Å². The molecule has 1 N–H and O–H groups in total. The minimum absolute atomic E-state index is 0.256. The van der Waals surface area contributed by atoms with Gasteiger partial charge in [-0.1, -0.05) is 29.8 Å². The molecule has 0 aliphatic heterocycles. The van der Waals surface area contributed by atoms with Crippen molar-refractivity contribution in [3.8, 4) is 11.1 Å². The first-order valence-corrected chi connectivity index (χ1v) is 5.25. The lowest BCUT2D eigenvalue weighted by molar-refractivity contribution is -0.141. The molecule has 0 saturated carbocycles. The van der Waals surface area contributed by atoms with Crippen molar-refractivity contribution in [3.05, 3.63) is 58.0 Å². The Morgan fingerprint density at radius 3 is 2.17 bits per heavy atom. The van der Waals surface area contributed by atoms with E-state index < -0.39 is 17.4 Å². The van der Waals surface area contributed by atoms with Crippen LogP contribution in [-0.4, -0.2) is 4.98 Å². The van der Waals surface area contributed by atoms with E-state index in [0.717, 1.165) is 17.7 Å². The summed E-state index contributed by atoms with van der Waals surface area (Å²) in [5.41, 5.74) is 0.0360. The van der Waals surface area contributed by atoms with Crippen LogP contribution in [0.1, 0.15) is 11.3 Å². The molecule has 94 valence electrons. The normalized spacial score (nSPS) is 11.6. The van der Waals surface area contributed by atoms with Crippen molar-refractivity contribution in [2.45, 2.75) is 13.1 Å². The van der Waals surface area contributed by atoms with Gasteiger partial charge in [-0.25, -0.2) is 0 Å². The lowest BCUT2D eigenvalue weighted by Gasteiger charge is -2.08. The molecule has 1 aromatic carbocycles. The number of aromatic amines is 1. The Morgan fingerprint density at radius 1 is 1.00 bits per heavy atom. The molecule has 0 radical (unpaired) electrons. The van der Waals surface area contributed by atoms with Gasteiger partial charge >= 0.3 is 6.18 Å². The fraction of sp³-hybridized carbons (Fsp3) is 0.154. The van der Waals surface area contributed by atoms with Crippen molar-refractivity contribution >= 4 is 0 Å². The van der Waals surface area contributed by atoms with Gasteiger partial charge in [0.25, 0.3) is 0 Å². The molecular weight excluding hydrogens is 243 g/mol. The maximum absolute atomic E-state index is 12.6. The van der Waals surface area contributed by atoms with Crippen LogP contribution in [0.2, 0.25) is 0 Å². The minimum atomic E-state index is -4.56. The summed E-state index contributed by atoms with van der Waals surface area (Å²) in [6.07, 6.45) is -4.56. The van der Waals surface area contributed by atoms with E-state index in [4.69, 9.17) is 0 Å². The molecule has 0 atom stereocenters. The number of halogens is 3. The summed E-state index contributed by atoms with van der Waals surface area (Å²) < 4.78 is 37.7. The maximum Gasteiger partial charge on any atom is 0.431 e. The van der Waals surface area contributed by atoms with Crippen LogP contribution in [0.3, 0.4) is 0 Å². The molecule has 2 rings (SSSR count). The Bertz CT molecular complexity index is 611. The molecule has 18 heavy (non-hydrogen) atoms. The second-order valence-corrected chi connectivity index (χ2v) is 4.01. The highest BCUT2D eigenvalue weighted by Crippen LogP contribution is 2.29. The number of benzene rings is 1. The van der Waals surface area contributed by atoms with E-state index in [-0.39, 0.29) is 5.56 Å². The van der Waals surface area contributed by atoms with Gasteiger partial charge in [-0.15, -0.1) is 0 Å². The van der Waals surface area contributed by atoms with E-state index in [1.165, 1.54) is 0 Å². The first-order valence-electron chi connectivity index (χ1n) is 5.25. The monoisotopic (exact) mass is 253 g/mol. The number of pyridine rings is 1. The Kier molecular flexibility index (Phi) is 2.98. The van der Waals surface area contributed by atoms with Crippen molar-refractivity contribution in [2.24, 2.45) is 0 Å². The van der Waals surface area contributed by atoms with Gasteiger partial charge in [-0.2, -0.15) is 13.2 Å². The molecule has 0 amide bonds. The zero-order valence-corrected chi connectivity index (χ0v) is 9.51. The number of alkyl halides is 3. The first kappa shape index (κ1) is 12.4. The van der Waals surface area contributed by atoms with Gasteiger partial charge in [-0.3, -0.25) is 4.79 Å². The second kappa shape index (κ2) is 4.33. The maximum atomic E-state index is 12.6. The van der Waals surface area contributed by atoms with E-state index in [1.54, 1.807) is 29.2 Å². The Morgan fingerprint density at radius 2 is 1.61 bits per heavy atom. The summed E-state index contributed by atoms with van der Waals surface area (Å²) in [5, 5.41) is 0. The molecular formula is C13H10F3NO. The number of aromatic nitrogens is 1. The zero-order valence-electron chi connectivity index (χ0n) is 9.51. The van der Waals surface area contributed by atoms with Gasteiger partial charge in [0, 0.05) is 6.07 Å². The highest BCUT2D eigenvalue weighted by Gasteiger charge is 2.32. The molecule has 0 unspecified atom stereocenters. The topological polar surface area (TPSA) is 32.9 Å². The quantitative estimate of drug-likeness (QED) is 0.830. The third kappa shape index (κ3) is 2.61. The minimum Gasteiger partial charge on any atom is -0.318 e. The van der Waals surface area contributed by atoms with Crippen molar-refractivity contribution in [3.63, 3.8) is 0 Å². The number of aryl methyl sites for hydroxylation is 1. The summed E-state index contributed by atoms with van der Waals surface area (Å²) in [6, 6.07) is 9.02. The number of hydrogen-bond donors (Lipinski definition) is 1. The third-order valence-corrected chi connectivity index (χ3v) is 2.53. The Hall–Kier alpha value is -2.04. The van der Waals surface area contributed by atoms with Crippen LogP contribution in [0.25, 0.3) is 11.1 Å². The smallest absolute Gasteiger partial charge is 0.318 e. The van der Waals surface area contributed by atoms with Crippen LogP contribution in [0.5, 0.6) is 0 Å². The first-order chi connectivity index (χ1) is 8.36. The van der Waals surface area contributed by atoms with E-state index in [2.05, 4.69) is 0 Å². The average Bonchev–Trinajstić information content (AvgIpc) is 2.28. The standard InChI is InChI=1S/C13H10F3NO/c1-8-2-4-9(5-3-8)10-6-11(13(14,15)16)17-12(18)7-10/h2-7H,1H3,(H,17,18). The van der Waals surface area contributed by atoms with Crippen LogP contribution < -0.4 is 5.56 Å². The molecule has 0 saturated heterocycles. The predicted molar refractivity (Wildman–Crippen MR) is 62.2 cm³/mol. The third-order valence-electron chi connectivity index (χ3n) is 2.53. The Labute approximate surface area is 101 Å². The van der Waals surface area contributed by atoms with Gasteiger partial charge in [-0.05, 0) is 24.1 Å². The largest absolute Gasteiger partial charge is 0.431 e. The molecule has 0 bridgehead atoms. The number of nitrogens with one attached hydrogen (secondary N) is 1. The highest BCUT2D eigenvalue weighted by atomic mass is 19.4. The number of rotatable bonds is 1. The average molecular weight is 253 g/mol. The fourth-order valence-electron chi connectivity index (χ4n) is 1.61. The molecule has 0 aliphatic carbocycles. The molecule has 2 nitrogen and oxygen atoms in total. The van der Waals surface area contributed by atoms with E-state index in [0.29, 0.717) is 5.56 Å². The molecule has 0 fully saturated rings. The van der Waals surface area contributed by atoms with Crippen LogP contribution in [0, 0.1) is 6.92 Å². The van der Waals surface area contributed by atoms with Crippen LogP contribution >= 0.6 is 0 Å². The van der Waals surface area contributed by atoms with Crippen LogP contribution in [-0.2, 0) is 6.18 Å². The Balaban J connectivity index is 2.55. The van der Waals surface area contributed by atoms with Gasteiger partial charge in [0.05, 0.1) is 0 Å². The van der Waals surface area contributed by atoms with Crippen LogP contribution in [0.15, 0.2) is 41.2 Å². The number of H-pyrrole nitrogens is 1. The highest BCUT2D eigenvalue weighted by molar-refractivity contribution is 5.63. The summed E-state index contributed by atoms with van der Waals surface area (Å²) >= 11 is 0. The second-order valence-electron chi connectivity index (χ2n) is 4.01. The zero-order chi connectivity index (χ0) is 13.3. The van der Waals surface area contributed by atoms with Crippen LogP contribution in [0.4, 0.5) is 13.2 Å². The molecule has 0 spiro atoms. The van der Waals surface area contributed by atoms with Crippen molar-refractivity contribution in [1.82, 2.24) is 4.98 Å². The lowest BCUT2D eigenvalue weighted by atomic mass is 10.0.